The number of anilines is 2. The van der Waals surface area contributed by atoms with Gasteiger partial charge in [-0.3, -0.25) is 9.59 Å². The highest BCUT2D eigenvalue weighted by Crippen LogP contribution is 2.26. The van der Waals surface area contributed by atoms with Crippen molar-refractivity contribution in [2.24, 2.45) is 12.5 Å². The molecule has 0 aliphatic rings. The molecular weight excluding hydrogens is 406 g/mol. The first kappa shape index (κ1) is 21.1. The molecular formula is C20H23N5O2S2. The summed E-state index contributed by atoms with van der Waals surface area (Å²) >= 11 is 2.92. The van der Waals surface area contributed by atoms with Crippen LogP contribution in [0.3, 0.4) is 0 Å². The van der Waals surface area contributed by atoms with Gasteiger partial charge in [-0.2, -0.15) is 0 Å². The molecule has 9 heteroatoms. The molecule has 29 heavy (non-hydrogen) atoms. The van der Waals surface area contributed by atoms with Gasteiger partial charge >= 0.3 is 0 Å². The summed E-state index contributed by atoms with van der Waals surface area (Å²) in [5, 5.41) is 16.8. The van der Waals surface area contributed by atoms with Crippen LogP contribution >= 0.6 is 23.1 Å². The van der Waals surface area contributed by atoms with Crippen molar-refractivity contribution in [2.45, 2.75) is 25.9 Å². The Morgan fingerprint density at radius 3 is 2.48 bits per heavy atom. The first-order valence-electron chi connectivity index (χ1n) is 9.01. The largest absolute Gasteiger partial charge is 0.326 e. The van der Waals surface area contributed by atoms with Gasteiger partial charge in [-0.25, -0.2) is 0 Å². The molecule has 0 bridgehead atoms. The third-order valence-corrected chi connectivity index (χ3v) is 5.88. The molecule has 7 nitrogen and oxygen atoms in total. The van der Waals surface area contributed by atoms with Crippen molar-refractivity contribution in [2.75, 3.05) is 16.4 Å². The standard InChI is InChI=1S/C20H23N5O2S2/c1-20(2,3)18(27)22-14-8-5-7-13(11-14)21-16(26)12-29-19-24-23-17(25(19)4)15-9-6-10-28-15/h5-11H,12H2,1-4H3,(H,21,26)(H,22,27). The minimum absolute atomic E-state index is 0.0830. The number of amides is 2. The van der Waals surface area contributed by atoms with Crippen molar-refractivity contribution in [3.8, 4) is 10.7 Å². The topological polar surface area (TPSA) is 88.9 Å². The molecule has 2 aromatic heterocycles. The van der Waals surface area contributed by atoms with Crippen molar-refractivity contribution in [3.63, 3.8) is 0 Å². The van der Waals surface area contributed by atoms with Crippen molar-refractivity contribution in [1.82, 2.24) is 14.8 Å². The number of hydrogen-bond acceptors (Lipinski definition) is 6. The van der Waals surface area contributed by atoms with E-state index in [4.69, 9.17) is 0 Å². The van der Waals surface area contributed by atoms with Crippen LogP contribution in [-0.4, -0.2) is 32.3 Å². The molecule has 0 aliphatic carbocycles. The summed E-state index contributed by atoms with van der Waals surface area (Å²) < 4.78 is 1.88. The molecule has 2 N–H and O–H groups in total. The number of nitrogens with one attached hydrogen (secondary N) is 2. The molecule has 3 aromatic rings. The first-order chi connectivity index (χ1) is 13.7. The Bertz CT molecular complexity index is 1010. The van der Waals surface area contributed by atoms with Crippen LogP contribution in [0.15, 0.2) is 46.9 Å². The third-order valence-electron chi connectivity index (χ3n) is 3.99. The molecule has 0 spiro atoms. The number of thiophene rings is 1. The van der Waals surface area contributed by atoms with E-state index >= 15 is 0 Å². The number of nitrogens with zero attached hydrogens (tertiary/aromatic N) is 3. The Morgan fingerprint density at radius 1 is 1.10 bits per heavy atom. The number of hydrogen-bond donors (Lipinski definition) is 2. The summed E-state index contributed by atoms with van der Waals surface area (Å²) in [6.07, 6.45) is 0. The SMILES string of the molecule is Cn1c(SCC(=O)Nc2cccc(NC(=O)C(C)(C)C)c2)nnc1-c1cccs1. The van der Waals surface area contributed by atoms with E-state index in [1.54, 1.807) is 35.6 Å². The van der Waals surface area contributed by atoms with E-state index in [2.05, 4.69) is 20.8 Å². The van der Waals surface area contributed by atoms with Crippen LogP contribution in [0.4, 0.5) is 11.4 Å². The second kappa shape index (κ2) is 8.79. The van der Waals surface area contributed by atoms with Crippen LogP contribution < -0.4 is 10.6 Å². The Balaban J connectivity index is 1.58. The quantitative estimate of drug-likeness (QED) is 0.572. The molecule has 2 heterocycles. The smallest absolute Gasteiger partial charge is 0.234 e. The number of carbonyl (C=O) groups is 2. The number of thioether (sulfide) groups is 1. The lowest BCUT2D eigenvalue weighted by Gasteiger charge is -2.18. The fourth-order valence-electron chi connectivity index (χ4n) is 2.38. The average Bonchev–Trinajstić information content (AvgIpc) is 3.29. The Kier molecular flexibility index (Phi) is 6.39. The summed E-state index contributed by atoms with van der Waals surface area (Å²) in [7, 11) is 1.89. The molecule has 0 saturated heterocycles. The van der Waals surface area contributed by atoms with E-state index in [0.29, 0.717) is 16.5 Å². The van der Waals surface area contributed by atoms with Gasteiger partial charge in [0, 0.05) is 23.8 Å². The minimum atomic E-state index is -0.492. The van der Waals surface area contributed by atoms with E-state index in [1.807, 2.05) is 49.9 Å². The lowest BCUT2D eigenvalue weighted by atomic mass is 9.95. The van der Waals surface area contributed by atoms with E-state index in [-0.39, 0.29) is 17.6 Å². The average molecular weight is 430 g/mol. The zero-order valence-corrected chi connectivity index (χ0v) is 18.4. The molecule has 2 amide bonds. The molecule has 152 valence electrons. The van der Waals surface area contributed by atoms with Crippen LogP contribution in [0.25, 0.3) is 10.7 Å². The van der Waals surface area contributed by atoms with Crippen LogP contribution in [-0.2, 0) is 16.6 Å². The molecule has 0 saturated carbocycles. The molecule has 0 aliphatic heterocycles. The molecule has 0 unspecified atom stereocenters. The highest BCUT2D eigenvalue weighted by molar-refractivity contribution is 7.99. The number of benzene rings is 1. The minimum Gasteiger partial charge on any atom is -0.326 e. The predicted molar refractivity (Wildman–Crippen MR) is 118 cm³/mol. The maximum absolute atomic E-state index is 12.4. The second-order valence-electron chi connectivity index (χ2n) is 7.46. The number of carbonyl (C=O) groups excluding carboxylic acids is 2. The molecule has 0 radical (unpaired) electrons. The van der Waals surface area contributed by atoms with Crippen LogP contribution in [0.5, 0.6) is 0 Å². The van der Waals surface area contributed by atoms with Crippen molar-refractivity contribution < 1.29 is 9.59 Å². The summed E-state index contributed by atoms with van der Waals surface area (Å²) in [6.45, 7) is 5.55. The van der Waals surface area contributed by atoms with Gasteiger partial charge in [-0.1, -0.05) is 44.7 Å². The van der Waals surface area contributed by atoms with Crippen LogP contribution in [0.1, 0.15) is 20.8 Å². The monoisotopic (exact) mass is 429 g/mol. The van der Waals surface area contributed by atoms with Gasteiger partial charge in [0.05, 0.1) is 10.6 Å². The fraction of sp³-hybridized carbons (Fsp3) is 0.300. The van der Waals surface area contributed by atoms with Gasteiger partial charge in [-0.15, -0.1) is 21.5 Å². The summed E-state index contributed by atoms with van der Waals surface area (Å²) in [4.78, 5) is 25.5. The molecule has 1 aromatic carbocycles. The second-order valence-corrected chi connectivity index (χ2v) is 9.35. The summed E-state index contributed by atoms with van der Waals surface area (Å²) in [6, 6.07) is 11.1. The van der Waals surface area contributed by atoms with Gasteiger partial charge in [0.15, 0.2) is 11.0 Å². The summed E-state index contributed by atoms with van der Waals surface area (Å²) in [5.74, 6) is 0.746. The molecule has 3 rings (SSSR count). The van der Waals surface area contributed by atoms with Crippen molar-refractivity contribution in [3.05, 3.63) is 41.8 Å². The van der Waals surface area contributed by atoms with Crippen molar-refractivity contribution in [1.29, 1.82) is 0 Å². The zero-order chi connectivity index (χ0) is 21.0. The lowest BCUT2D eigenvalue weighted by Crippen LogP contribution is -2.27. The molecule has 0 atom stereocenters. The highest BCUT2D eigenvalue weighted by Gasteiger charge is 2.21. The normalized spacial score (nSPS) is 11.3. The summed E-state index contributed by atoms with van der Waals surface area (Å²) in [5.41, 5.74) is 0.775. The lowest BCUT2D eigenvalue weighted by molar-refractivity contribution is -0.123. The number of rotatable bonds is 6. The van der Waals surface area contributed by atoms with Crippen LogP contribution in [0, 0.1) is 5.41 Å². The Labute approximate surface area is 177 Å². The van der Waals surface area contributed by atoms with E-state index in [0.717, 1.165) is 10.7 Å². The van der Waals surface area contributed by atoms with E-state index in [1.165, 1.54) is 11.8 Å². The highest BCUT2D eigenvalue weighted by atomic mass is 32.2. The maximum Gasteiger partial charge on any atom is 0.234 e. The van der Waals surface area contributed by atoms with Gasteiger partial charge in [0.25, 0.3) is 0 Å². The third kappa shape index (κ3) is 5.45. The Morgan fingerprint density at radius 2 is 1.83 bits per heavy atom. The van der Waals surface area contributed by atoms with Crippen LogP contribution in [0.2, 0.25) is 0 Å². The molecule has 0 fully saturated rings. The first-order valence-corrected chi connectivity index (χ1v) is 10.9. The van der Waals surface area contributed by atoms with Gasteiger partial charge < -0.3 is 15.2 Å². The fourth-order valence-corrected chi connectivity index (χ4v) is 3.84. The van der Waals surface area contributed by atoms with E-state index in [9.17, 15) is 9.59 Å². The van der Waals surface area contributed by atoms with E-state index < -0.39 is 5.41 Å². The Hall–Kier alpha value is -2.65. The van der Waals surface area contributed by atoms with Gasteiger partial charge in [0.1, 0.15) is 0 Å². The van der Waals surface area contributed by atoms with Crippen molar-refractivity contribution >= 4 is 46.3 Å². The van der Waals surface area contributed by atoms with Gasteiger partial charge in [0.2, 0.25) is 11.8 Å². The zero-order valence-electron chi connectivity index (χ0n) is 16.7. The predicted octanol–water partition coefficient (Wildman–Crippen LogP) is 4.26. The maximum atomic E-state index is 12.4. The number of aromatic nitrogens is 3. The van der Waals surface area contributed by atoms with Gasteiger partial charge in [-0.05, 0) is 29.6 Å².